The van der Waals surface area contributed by atoms with Crippen molar-refractivity contribution < 1.29 is 70.4 Å². The molecule has 6 amide bonds. The second-order valence-corrected chi connectivity index (χ2v) is 22.2. The standard InChI is InChI=1S/C57H70F4N10O11S/c1-35-50(83-34-67-35)38-11-7-37(8-12-38)28-64-53(77)45-27-40(72)30-71(45)55(78)51(56(2,3)4)68-48(74)17-22-80-24-23-79-21-16-47(73)63-18-5-6-19-69-32-44(66-33-69)39-26-42(52(62)76)54(65-29-39)81-46-15-20-70(31-43(46)58)49(75)25-36-9-13-41(14-10-36)82-57(59,60)61/h7-14,26,29,32-34,40,43,45-46,51,72H,5-6,15-25,27-28,30-31H2,1-4H3,(H2,62,76)(H,63,73)(H,64,77)(H,68,74)/t40-,43-,45+,46-,51-/m1/s1. The van der Waals surface area contributed by atoms with E-state index in [9.17, 15) is 47.0 Å². The highest BCUT2D eigenvalue weighted by Crippen LogP contribution is 2.31. The summed E-state index contributed by atoms with van der Waals surface area (Å²) in [6.07, 6.45) is -2.23. The van der Waals surface area contributed by atoms with Crippen molar-refractivity contribution in [1.29, 1.82) is 0 Å². The molecule has 0 unspecified atom stereocenters. The molecule has 2 aliphatic rings. The number of imidazole rings is 1. The van der Waals surface area contributed by atoms with Gasteiger partial charge < -0.3 is 60.1 Å². The number of hydrogen-bond donors (Lipinski definition) is 5. The zero-order chi connectivity index (χ0) is 59.8. The number of aromatic nitrogens is 4. The van der Waals surface area contributed by atoms with E-state index in [1.165, 1.54) is 34.2 Å². The summed E-state index contributed by atoms with van der Waals surface area (Å²) in [6, 6.07) is 12.2. The van der Waals surface area contributed by atoms with E-state index in [2.05, 4.69) is 35.6 Å². The van der Waals surface area contributed by atoms with E-state index >= 15 is 4.39 Å². The summed E-state index contributed by atoms with van der Waals surface area (Å²) in [5.41, 5.74) is 10.9. The lowest BCUT2D eigenvalue weighted by Gasteiger charge is -2.35. The smallest absolute Gasteiger partial charge is 0.471 e. The number of pyridine rings is 1. The van der Waals surface area contributed by atoms with Gasteiger partial charge in [0.25, 0.3) is 5.91 Å². The van der Waals surface area contributed by atoms with Crippen molar-refractivity contribution >= 4 is 46.8 Å². The van der Waals surface area contributed by atoms with Gasteiger partial charge in [-0.1, -0.05) is 57.2 Å². The Balaban J connectivity index is 0.736. The van der Waals surface area contributed by atoms with Gasteiger partial charge in [-0.15, -0.1) is 24.5 Å². The Bertz CT molecular complexity index is 3010. The lowest BCUT2D eigenvalue weighted by atomic mass is 9.85. The number of aliphatic hydroxyl groups is 1. The third kappa shape index (κ3) is 18.7. The van der Waals surface area contributed by atoms with E-state index in [-0.39, 0.29) is 102 Å². The summed E-state index contributed by atoms with van der Waals surface area (Å²) in [6.45, 7) is 8.94. The molecule has 6 N–H and O–H groups in total. The number of unbranched alkanes of at least 4 members (excludes halogenated alkanes) is 1. The largest absolute Gasteiger partial charge is 0.573 e. The maximum Gasteiger partial charge on any atom is 0.573 e. The van der Waals surface area contributed by atoms with E-state index in [1.54, 1.807) is 29.4 Å². The van der Waals surface area contributed by atoms with Gasteiger partial charge in [0.1, 0.15) is 29.5 Å². The second kappa shape index (κ2) is 29.1. The molecule has 26 heteroatoms. The number of carbonyl (C=O) groups is 6. The van der Waals surface area contributed by atoms with Crippen LogP contribution in [0.3, 0.4) is 0 Å². The van der Waals surface area contributed by atoms with Crippen molar-refractivity contribution in [2.45, 2.75) is 123 Å². The first-order valence-corrected chi connectivity index (χ1v) is 28.1. The van der Waals surface area contributed by atoms with Crippen LogP contribution in [0.15, 0.2) is 78.8 Å². The summed E-state index contributed by atoms with van der Waals surface area (Å²) in [5, 5.41) is 19.2. The number of primary amides is 1. The van der Waals surface area contributed by atoms with Crippen LogP contribution < -0.4 is 31.2 Å². The van der Waals surface area contributed by atoms with Crippen LogP contribution in [0.2, 0.25) is 0 Å². The monoisotopic (exact) mass is 1180 g/mol. The molecule has 5 aromatic rings. The molecule has 2 aromatic carbocycles. The van der Waals surface area contributed by atoms with Crippen LogP contribution in [0.25, 0.3) is 21.7 Å². The van der Waals surface area contributed by atoms with Gasteiger partial charge in [0.15, 0.2) is 6.17 Å². The number of amides is 6. The molecule has 5 atom stereocenters. The normalized spacial score (nSPS) is 17.7. The van der Waals surface area contributed by atoms with Crippen LogP contribution in [-0.2, 0) is 53.0 Å². The number of β-amino-alcohol motifs (C(OH)–C–C–N with tert-alkyl or cyclic N) is 1. The van der Waals surface area contributed by atoms with Gasteiger partial charge in [-0.2, -0.15) is 0 Å². The highest BCUT2D eigenvalue weighted by atomic mass is 32.1. The number of carbonyl (C=O) groups excluding carboxylic acids is 6. The molecule has 2 saturated heterocycles. The van der Waals surface area contributed by atoms with Crippen LogP contribution in [0.1, 0.15) is 86.5 Å². The number of nitrogens with two attached hydrogens (primary N) is 1. The fourth-order valence-electron chi connectivity index (χ4n) is 9.38. The number of aryl methyl sites for hydroxylation is 2. The number of nitrogens with one attached hydrogen (secondary N) is 3. The molecule has 0 saturated carbocycles. The predicted octanol–water partition coefficient (Wildman–Crippen LogP) is 5.45. The molecule has 0 bridgehead atoms. The molecule has 2 fully saturated rings. The molecule has 3 aromatic heterocycles. The number of benzene rings is 2. The zero-order valence-electron chi connectivity index (χ0n) is 46.6. The quantitative estimate of drug-likeness (QED) is 0.0323. The Hall–Kier alpha value is -7.55. The van der Waals surface area contributed by atoms with Gasteiger partial charge in [0, 0.05) is 76.4 Å². The second-order valence-electron chi connectivity index (χ2n) is 21.3. The minimum absolute atomic E-state index is 0.0407. The lowest BCUT2D eigenvalue weighted by Crippen LogP contribution is -2.57. The number of alkyl halides is 4. The Morgan fingerprint density at radius 1 is 0.867 bits per heavy atom. The van der Waals surface area contributed by atoms with Crippen molar-refractivity contribution in [2.24, 2.45) is 11.1 Å². The average molecular weight is 1180 g/mol. The number of thiazole rings is 1. The van der Waals surface area contributed by atoms with E-state index in [0.717, 1.165) is 33.8 Å². The molecule has 0 spiro atoms. The molecule has 0 radical (unpaired) electrons. The van der Waals surface area contributed by atoms with E-state index < -0.39 is 77.5 Å². The van der Waals surface area contributed by atoms with Crippen LogP contribution in [0.4, 0.5) is 17.6 Å². The summed E-state index contributed by atoms with van der Waals surface area (Å²) in [4.78, 5) is 95.0. The Morgan fingerprint density at radius 2 is 1.57 bits per heavy atom. The van der Waals surface area contributed by atoms with Gasteiger partial charge in [-0.3, -0.25) is 28.8 Å². The summed E-state index contributed by atoms with van der Waals surface area (Å²) in [7, 11) is 0. The molecular weight excluding hydrogens is 1110 g/mol. The van der Waals surface area contributed by atoms with Crippen molar-refractivity contribution in [2.75, 3.05) is 52.6 Å². The Labute approximate surface area is 481 Å². The minimum atomic E-state index is -4.85. The number of hydrogen-bond acceptors (Lipinski definition) is 15. The average Bonchev–Trinajstić information content (AvgIpc) is 4.26. The molecule has 448 valence electrons. The molecule has 21 nitrogen and oxygen atoms in total. The van der Waals surface area contributed by atoms with Crippen LogP contribution >= 0.6 is 11.3 Å². The number of piperidine rings is 1. The molecule has 0 aliphatic carbocycles. The van der Waals surface area contributed by atoms with Crippen LogP contribution in [0.5, 0.6) is 11.6 Å². The minimum Gasteiger partial charge on any atom is -0.471 e. The van der Waals surface area contributed by atoms with Gasteiger partial charge in [0.2, 0.25) is 35.4 Å². The van der Waals surface area contributed by atoms with E-state index in [1.807, 2.05) is 56.5 Å². The fraction of sp³-hybridized carbons (Fsp3) is 0.491. The SMILES string of the molecule is Cc1ncsc1-c1ccc(CNC(=O)[C@@H]2C[C@@H](O)CN2C(=O)[C@@H](NC(=O)CCOCCOCCC(=O)NCCCCn2cnc(-c3cnc(O[C@@H]4CCN(C(=O)Cc5ccc(OC(F)(F)F)cc5)C[C@H]4F)c(C(N)=O)c3)c2)C(C)(C)C)cc1. The number of aliphatic hydroxyl groups excluding tert-OH is 1. The third-order valence-corrected chi connectivity index (χ3v) is 14.8. The summed E-state index contributed by atoms with van der Waals surface area (Å²) >= 11 is 1.55. The molecule has 2 aliphatic heterocycles. The first kappa shape index (κ1) is 63.0. The first-order valence-electron chi connectivity index (χ1n) is 27.2. The Kier molecular flexibility index (Phi) is 22.1. The summed E-state index contributed by atoms with van der Waals surface area (Å²) < 4.78 is 75.5. The van der Waals surface area contributed by atoms with Crippen molar-refractivity contribution in [3.05, 3.63) is 101 Å². The van der Waals surface area contributed by atoms with Gasteiger partial charge in [0.05, 0.1) is 73.6 Å². The van der Waals surface area contributed by atoms with Gasteiger partial charge >= 0.3 is 6.36 Å². The zero-order valence-corrected chi connectivity index (χ0v) is 47.4. The van der Waals surface area contributed by atoms with E-state index in [0.29, 0.717) is 42.8 Å². The first-order chi connectivity index (χ1) is 39.5. The highest BCUT2D eigenvalue weighted by Gasteiger charge is 2.44. The van der Waals surface area contributed by atoms with Gasteiger partial charge in [-0.25, -0.2) is 19.3 Å². The lowest BCUT2D eigenvalue weighted by molar-refractivity contribution is -0.274. The predicted molar refractivity (Wildman–Crippen MR) is 296 cm³/mol. The maximum absolute atomic E-state index is 15.4. The van der Waals surface area contributed by atoms with Gasteiger partial charge in [-0.05, 0) is 60.1 Å². The number of halogens is 4. The Morgan fingerprint density at radius 3 is 2.22 bits per heavy atom. The molecule has 7 rings (SSSR count). The molecular formula is C57H70F4N10O11S. The van der Waals surface area contributed by atoms with Crippen molar-refractivity contribution in [3.63, 3.8) is 0 Å². The van der Waals surface area contributed by atoms with Crippen LogP contribution in [0, 0.1) is 12.3 Å². The third-order valence-electron chi connectivity index (χ3n) is 13.9. The number of ether oxygens (including phenoxy) is 4. The highest BCUT2D eigenvalue weighted by molar-refractivity contribution is 7.13. The number of rotatable bonds is 27. The van der Waals surface area contributed by atoms with Crippen LogP contribution in [-0.4, -0.2) is 159 Å². The maximum atomic E-state index is 15.4. The number of nitrogens with zero attached hydrogens (tertiary/aromatic N) is 6. The van der Waals surface area contributed by atoms with Crippen molar-refractivity contribution in [3.8, 4) is 33.3 Å². The van der Waals surface area contributed by atoms with Crippen molar-refractivity contribution in [1.82, 2.24) is 45.3 Å². The number of likely N-dealkylation sites (tertiary alicyclic amines) is 2. The molecule has 5 heterocycles. The molecule has 83 heavy (non-hydrogen) atoms. The summed E-state index contributed by atoms with van der Waals surface area (Å²) in [5.74, 6) is -3.36. The fourth-order valence-corrected chi connectivity index (χ4v) is 10.2. The topological polar surface area (TPSA) is 272 Å². The van der Waals surface area contributed by atoms with E-state index in [4.69, 9.17) is 19.9 Å².